The predicted molar refractivity (Wildman–Crippen MR) is 72.4 cm³/mol. The molecule has 1 amide bonds. The molecule has 1 atom stereocenters. The van der Waals surface area contributed by atoms with Crippen molar-refractivity contribution in [1.29, 1.82) is 0 Å². The normalized spacial score (nSPS) is 11.7. The van der Waals surface area contributed by atoms with Crippen LogP contribution in [0.4, 0.5) is 0 Å². The average Bonchev–Trinajstić information content (AvgIpc) is 2.37. The maximum absolute atomic E-state index is 11.5. The lowest BCUT2D eigenvalue weighted by Crippen LogP contribution is -2.31. The SMILES string of the molecule is CCOc1ccccc1OCC(=O)NCCC(C)O. The summed E-state index contributed by atoms with van der Waals surface area (Å²) in [6.45, 7) is 4.48. The monoisotopic (exact) mass is 267 g/mol. The van der Waals surface area contributed by atoms with Crippen LogP contribution in [0.3, 0.4) is 0 Å². The van der Waals surface area contributed by atoms with Gasteiger partial charge in [-0.15, -0.1) is 0 Å². The number of ether oxygens (including phenoxy) is 2. The van der Waals surface area contributed by atoms with Crippen LogP contribution in [0.2, 0.25) is 0 Å². The van der Waals surface area contributed by atoms with Gasteiger partial charge in [0, 0.05) is 6.54 Å². The highest BCUT2D eigenvalue weighted by Crippen LogP contribution is 2.26. The summed E-state index contributed by atoms with van der Waals surface area (Å²) >= 11 is 0. The zero-order valence-electron chi connectivity index (χ0n) is 11.4. The Labute approximate surface area is 113 Å². The molecule has 106 valence electrons. The Morgan fingerprint density at radius 2 is 1.95 bits per heavy atom. The Hall–Kier alpha value is -1.75. The Kier molecular flexibility index (Phi) is 6.74. The molecule has 1 rings (SSSR count). The molecule has 0 aliphatic rings. The lowest BCUT2D eigenvalue weighted by atomic mass is 10.3. The molecule has 0 saturated carbocycles. The maximum atomic E-state index is 11.5. The standard InChI is InChI=1S/C14H21NO4/c1-3-18-12-6-4-5-7-13(12)19-10-14(17)15-9-8-11(2)16/h4-7,11,16H,3,8-10H2,1-2H3,(H,15,17). The van der Waals surface area contributed by atoms with Gasteiger partial charge in [0.1, 0.15) is 0 Å². The summed E-state index contributed by atoms with van der Waals surface area (Å²) in [7, 11) is 0. The third kappa shape index (κ3) is 6.10. The van der Waals surface area contributed by atoms with Gasteiger partial charge in [-0.3, -0.25) is 4.79 Å². The number of hydrogen-bond acceptors (Lipinski definition) is 4. The van der Waals surface area contributed by atoms with Crippen LogP contribution in [0.15, 0.2) is 24.3 Å². The van der Waals surface area contributed by atoms with Gasteiger partial charge in [-0.1, -0.05) is 12.1 Å². The van der Waals surface area contributed by atoms with Crippen LogP contribution in [0, 0.1) is 0 Å². The van der Waals surface area contributed by atoms with Gasteiger partial charge in [-0.05, 0) is 32.4 Å². The van der Waals surface area contributed by atoms with E-state index < -0.39 is 6.10 Å². The summed E-state index contributed by atoms with van der Waals surface area (Å²) in [6.07, 6.45) is 0.112. The number of carbonyl (C=O) groups excluding carboxylic acids is 1. The van der Waals surface area contributed by atoms with Crippen molar-refractivity contribution >= 4 is 5.91 Å². The number of benzene rings is 1. The Morgan fingerprint density at radius 3 is 2.53 bits per heavy atom. The summed E-state index contributed by atoms with van der Waals surface area (Å²) in [5.74, 6) is 0.962. The maximum Gasteiger partial charge on any atom is 0.257 e. The highest BCUT2D eigenvalue weighted by Gasteiger charge is 2.07. The minimum Gasteiger partial charge on any atom is -0.490 e. The lowest BCUT2D eigenvalue weighted by Gasteiger charge is -2.11. The molecule has 0 aromatic heterocycles. The number of aliphatic hydroxyl groups excluding tert-OH is 1. The molecule has 19 heavy (non-hydrogen) atoms. The molecule has 0 heterocycles. The Morgan fingerprint density at radius 1 is 1.32 bits per heavy atom. The molecular weight excluding hydrogens is 246 g/mol. The molecule has 0 aliphatic heterocycles. The van der Waals surface area contributed by atoms with Crippen molar-refractivity contribution in [3.05, 3.63) is 24.3 Å². The molecule has 0 spiro atoms. The van der Waals surface area contributed by atoms with Gasteiger partial charge in [0.25, 0.3) is 5.91 Å². The molecule has 0 fully saturated rings. The van der Waals surface area contributed by atoms with E-state index in [0.29, 0.717) is 31.1 Å². The van der Waals surface area contributed by atoms with E-state index in [4.69, 9.17) is 14.6 Å². The molecule has 0 saturated heterocycles. The summed E-state index contributed by atoms with van der Waals surface area (Å²) in [5, 5.41) is 11.7. The molecule has 0 bridgehead atoms. The molecule has 5 nitrogen and oxygen atoms in total. The van der Waals surface area contributed by atoms with Crippen molar-refractivity contribution in [2.45, 2.75) is 26.4 Å². The van der Waals surface area contributed by atoms with Crippen molar-refractivity contribution in [1.82, 2.24) is 5.32 Å². The van der Waals surface area contributed by atoms with Crippen LogP contribution in [0.25, 0.3) is 0 Å². The second-order valence-electron chi connectivity index (χ2n) is 4.16. The zero-order valence-corrected chi connectivity index (χ0v) is 11.4. The highest BCUT2D eigenvalue weighted by atomic mass is 16.5. The first kappa shape index (κ1) is 15.3. The van der Waals surface area contributed by atoms with E-state index in [0.717, 1.165) is 0 Å². The van der Waals surface area contributed by atoms with E-state index in [1.54, 1.807) is 19.1 Å². The van der Waals surface area contributed by atoms with Gasteiger partial charge < -0.3 is 19.9 Å². The number of amides is 1. The van der Waals surface area contributed by atoms with Crippen LogP contribution in [0.5, 0.6) is 11.5 Å². The van der Waals surface area contributed by atoms with E-state index >= 15 is 0 Å². The Balaban J connectivity index is 2.37. The first-order valence-corrected chi connectivity index (χ1v) is 6.43. The van der Waals surface area contributed by atoms with Gasteiger partial charge in [0.05, 0.1) is 12.7 Å². The summed E-state index contributed by atoms with van der Waals surface area (Å²) < 4.78 is 10.8. The van der Waals surface area contributed by atoms with Gasteiger partial charge >= 0.3 is 0 Å². The van der Waals surface area contributed by atoms with Crippen LogP contribution in [0.1, 0.15) is 20.3 Å². The number of nitrogens with one attached hydrogen (secondary N) is 1. The number of para-hydroxylation sites is 2. The molecule has 1 unspecified atom stereocenters. The van der Waals surface area contributed by atoms with Crippen molar-refractivity contribution in [3.8, 4) is 11.5 Å². The summed E-state index contributed by atoms with van der Waals surface area (Å²) in [6, 6.07) is 7.22. The number of aliphatic hydroxyl groups is 1. The topological polar surface area (TPSA) is 67.8 Å². The zero-order chi connectivity index (χ0) is 14.1. The molecular formula is C14H21NO4. The fraction of sp³-hybridized carbons (Fsp3) is 0.500. The van der Waals surface area contributed by atoms with Gasteiger partial charge in [-0.25, -0.2) is 0 Å². The number of carbonyl (C=O) groups is 1. The predicted octanol–water partition coefficient (Wildman–Crippen LogP) is 1.35. The van der Waals surface area contributed by atoms with Crippen LogP contribution in [-0.2, 0) is 4.79 Å². The van der Waals surface area contributed by atoms with Gasteiger partial charge in [-0.2, -0.15) is 0 Å². The first-order chi connectivity index (χ1) is 9.13. The minimum absolute atomic E-state index is 0.0656. The molecule has 2 N–H and O–H groups in total. The molecule has 1 aromatic rings. The smallest absolute Gasteiger partial charge is 0.257 e. The van der Waals surface area contributed by atoms with E-state index in [1.807, 2.05) is 19.1 Å². The Bertz CT molecular complexity index is 393. The highest BCUT2D eigenvalue weighted by molar-refractivity contribution is 5.77. The van der Waals surface area contributed by atoms with E-state index in [1.165, 1.54) is 0 Å². The lowest BCUT2D eigenvalue weighted by molar-refractivity contribution is -0.123. The fourth-order valence-electron chi connectivity index (χ4n) is 1.46. The third-order valence-electron chi connectivity index (χ3n) is 2.39. The van der Waals surface area contributed by atoms with Crippen molar-refractivity contribution in [2.24, 2.45) is 0 Å². The van der Waals surface area contributed by atoms with Crippen molar-refractivity contribution in [3.63, 3.8) is 0 Å². The van der Waals surface area contributed by atoms with E-state index in [-0.39, 0.29) is 12.5 Å². The van der Waals surface area contributed by atoms with Crippen LogP contribution >= 0.6 is 0 Å². The summed E-state index contributed by atoms with van der Waals surface area (Å²) in [4.78, 5) is 11.5. The molecule has 0 radical (unpaired) electrons. The third-order valence-corrected chi connectivity index (χ3v) is 2.39. The van der Waals surface area contributed by atoms with Crippen LogP contribution in [-0.4, -0.2) is 36.9 Å². The van der Waals surface area contributed by atoms with Gasteiger partial charge in [0.2, 0.25) is 0 Å². The van der Waals surface area contributed by atoms with Crippen LogP contribution < -0.4 is 14.8 Å². The average molecular weight is 267 g/mol. The molecule has 0 aliphatic carbocycles. The second-order valence-corrected chi connectivity index (χ2v) is 4.16. The van der Waals surface area contributed by atoms with E-state index in [2.05, 4.69) is 5.32 Å². The number of hydrogen-bond donors (Lipinski definition) is 2. The molecule has 5 heteroatoms. The van der Waals surface area contributed by atoms with Crippen molar-refractivity contribution in [2.75, 3.05) is 19.8 Å². The van der Waals surface area contributed by atoms with E-state index in [9.17, 15) is 4.79 Å². The van der Waals surface area contributed by atoms with Crippen molar-refractivity contribution < 1.29 is 19.4 Å². The largest absolute Gasteiger partial charge is 0.490 e. The fourth-order valence-corrected chi connectivity index (χ4v) is 1.46. The quantitative estimate of drug-likeness (QED) is 0.746. The first-order valence-electron chi connectivity index (χ1n) is 6.43. The minimum atomic E-state index is -0.417. The second kappa shape index (κ2) is 8.37. The summed E-state index contributed by atoms with van der Waals surface area (Å²) in [5.41, 5.74) is 0. The molecule has 1 aromatic carbocycles. The van der Waals surface area contributed by atoms with Gasteiger partial charge in [0.15, 0.2) is 18.1 Å². The number of rotatable bonds is 8.